The molecule has 2 N–H and O–H groups in total. The third-order valence-corrected chi connectivity index (χ3v) is 5.40. The van der Waals surface area contributed by atoms with Crippen molar-refractivity contribution in [2.24, 2.45) is 5.10 Å². The van der Waals surface area contributed by atoms with Gasteiger partial charge >= 0.3 is 0 Å². The molecule has 9 heteroatoms. The van der Waals surface area contributed by atoms with Crippen molar-refractivity contribution < 1.29 is 9.47 Å². The minimum Gasteiger partial charge on any atom is -0.497 e. The summed E-state index contributed by atoms with van der Waals surface area (Å²) < 4.78 is 10.7. The molecule has 0 atom stereocenters. The third-order valence-electron chi connectivity index (χ3n) is 5.40. The Balaban J connectivity index is 1.40. The van der Waals surface area contributed by atoms with Gasteiger partial charge in [-0.15, -0.1) is 0 Å². The zero-order valence-electron chi connectivity index (χ0n) is 18.8. The summed E-state index contributed by atoms with van der Waals surface area (Å²) >= 11 is 0. The highest BCUT2D eigenvalue weighted by atomic mass is 16.5. The predicted molar refractivity (Wildman–Crippen MR) is 134 cm³/mol. The summed E-state index contributed by atoms with van der Waals surface area (Å²) in [7, 11) is 1.64. The molecule has 1 aromatic heterocycles. The molecule has 0 amide bonds. The predicted octanol–water partition coefficient (Wildman–Crippen LogP) is 4.06. The maximum atomic E-state index is 5.47. The second-order valence-electron chi connectivity index (χ2n) is 7.72. The molecule has 1 aliphatic rings. The normalized spacial score (nSPS) is 13.9. The third kappa shape index (κ3) is 5.21. The summed E-state index contributed by atoms with van der Waals surface area (Å²) in [4.78, 5) is 15.8. The highest BCUT2D eigenvalue weighted by Crippen LogP contribution is 2.23. The number of nitrogens with one attached hydrogen (secondary N) is 2. The van der Waals surface area contributed by atoms with Crippen molar-refractivity contribution in [3.8, 4) is 5.75 Å². The summed E-state index contributed by atoms with van der Waals surface area (Å²) in [6, 6.07) is 22.0. The van der Waals surface area contributed by atoms with Gasteiger partial charge in [-0.25, -0.2) is 5.43 Å². The largest absolute Gasteiger partial charge is 0.497 e. The van der Waals surface area contributed by atoms with E-state index in [2.05, 4.69) is 60.0 Å². The van der Waals surface area contributed by atoms with Crippen molar-refractivity contribution in [1.29, 1.82) is 0 Å². The molecule has 2 heterocycles. The molecule has 1 saturated heterocycles. The smallest absolute Gasteiger partial charge is 0.250 e. The first kappa shape index (κ1) is 21.6. The lowest BCUT2D eigenvalue weighted by Gasteiger charge is -2.27. The van der Waals surface area contributed by atoms with Gasteiger partial charge in [0.05, 0.1) is 26.5 Å². The van der Waals surface area contributed by atoms with Crippen LogP contribution in [0.4, 0.5) is 23.5 Å². The molecular formula is C25H25N7O2. The number of benzene rings is 3. The first-order chi connectivity index (χ1) is 16.8. The number of rotatable bonds is 7. The maximum Gasteiger partial charge on any atom is 0.250 e. The lowest BCUT2D eigenvalue weighted by atomic mass is 10.1. The van der Waals surface area contributed by atoms with Gasteiger partial charge in [0.2, 0.25) is 17.8 Å². The van der Waals surface area contributed by atoms with Crippen LogP contribution in [-0.4, -0.2) is 54.6 Å². The maximum absolute atomic E-state index is 5.47. The summed E-state index contributed by atoms with van der Waals surface area (Å²) in [6.45, 7) is 2.70. The molecule has 172 valence electrons. The average Bonchev–Trinajstić information content (AvgIpc) is 2.89. The average molecular weight is 456 g/mol. The SMILES string of the molecule is COc1cccc(/C=N/Nc2nc(Nc3ccc4ccccc4c3)nc(N3CCOCC3)n2)c1. The summed E-state index contributed by atoms with van der Waals surface area (Å²) in [5.41, 5.74) is 4.72. The van der Waals surface area contributed by atoms with E-state index in [-0.39, 0.29) is 0 Å². The lowest BCUT2D eigenvalue weighted by Crippen LogP contribution is -2.37. The van der Waals surface area contributed by atoms with Gasteiger partial charge in [-0.1, -0.05) is 42.5 Å². The van der Waals surface area contributed by atoms with Gasteiger partial charge in [0.1, 0.15) is 5.75 Å². The molecule has 0 unspecified atom stereocenters. The van der Waals surface area contributed by atoms with Crippen molar-refractivity contribution >= 4 is 40.5 Å². The molecule has 0 bridgehead atoms. The van der Waals surface area contributed by atoms with Crippen LogP contribution in [0.15, 0.2) is 71.8 Å². The molecule has 0 radical (unpaired) electrons. The van der Waals surface area contributed by atoms with E-state index < -0.39 is 0 Å². The topological polar surface area (TPSA) is 96.8 Å². The number of aromatic nitrogens is 3. The number of hydrogen-bond donors (Lipinski definition) is 2. The molecular weight excluding hydrogens is 430 g/mol. The minimum atomic E-state index is 0.346. The van der Waals surface area contributed by atoms with E-state index >= 15 is 0 Å². The number of morpholine rings is 1. The molecule has 0 spiro atoms. The number of hydrazone groups is 1. The van der Waals surface area contributed by atoms with Crippen molar-refractivity contribution in [3.63, 3.8) is 0 Å². The Hall–Kier alpha value is -4.24. The van der Waals surface area contributed by atoms with Gasteiger partial charge in [-0.05, 0) is 40.6 Å². The molecule has 5 rings (SSSR count). The quantitative estimate of drug-likeness (QED) is 0.318. The van der Waals surface area contributed by atoms with E-state index in [1.165, 1.54) is 5.39 Å². The second kappa shape index (κ2) is 10.1. The highest BCUT2D eigenvalue weighted by Gasteiger charge is 2.17. The Morgan fingerprint density at radius 3 is 2.59 bits per heavy atom. The van der Waals surface area contributed by atoms with Crippen LogP contribution in [-0.2, 0) is 4.74 Å². The first-order valence-corrected chi connectivity index (χ1v) is 11.0. The van der Waals surface area contributed by atoms with Crippen LogP contribution in [0, 0.1) is 0 Å². The van der Waals surface area contributed by atoms with Crippen molar-refractivity contribution in [2.75, 3.05) is 49.1 Å². The molecule has 34 heavy (non-hydrogen) atoms. The van der Waals surface area contributed by atoms with E-state index in [4.69, 9.17) is 9.47 Å². The van der Waals surface area contributed by atoms with E-state index in [0.717, 1.165) is 22.4 Å². The summed E-state index contributed by atoms with van der Waals surface area (Å²) in [6.07, 6.45) is 1.69. The number of fused-ring (bicyclic) bond motifs is 1. The fraction of sp³-hybridized carbons (Fsp3) is 0.200. The van der Waals surface area contributed by atoms with Gasteiger partial charge in [0, 0.05) is 18.8 Å². The van der Waals surface area contributed by atoms with E-state index in [9.17, 15) is 0 Å². The van der Waals surface area contributed by atoms with E-state index in [1.54, 1.807) is 13.3 Å². The van der Waals surface area contributed by atoms with Crippen molar-refractivity contribution in [1.82, 2.24) is 15.0 Å². The number of methoxy groups -OCH3 is 1. The van der Waals surface area contributed by atoms with Crippen LogP contribution in [0.1, 0.15) is 5.56 Å². The number of ether oxygens (including phenoxy) is 2. The highest BCUT2D eigenvalue weighted by molar-refractivity contribution is 5.86. The summed E-state index contributed by atoms with van der Waals surface area (Å²) in [5.74, 6) is 2.12. The van der Waals surface area contributed by atoms with Gasteiger partial charge in [-0.3, -0.25) is 0 Å². The zero-order chi connectivity index (χ0) is 23.2. The zero-order valence-corrected chi connectivity index (χ0v) is 18.8. The molecule has 1 fully saturated rings. The fourth-order valence-corrected chi connectivity index (χ4v) is 3.66. The Kier molecular flexibility index (Phi) is 6.44. The Labute approximate surface area is 197 Å². The van der Waals surface area contributed by atoms with E-state index in [0.29, 0.717) is 44.1 Å². The fourth-order valence-electron chi connectivity index (χ4n) is 3.66. The van der Waals surface area contributed by atoms with Gasteiger partial charge < -0.3 is 19.7 Å². The van der Waals surface area contributed by atoms with Gasteiger partial charge in [0.25, 0.3) is 0 Å². The summed E-state index contributed by atoms with van der Waals surface area (Å²) in [5, 5.41) is 9.93. The minimum absolute atomic E-state index is 0.346. The first-order valence-electron chi connectivity index (χ1n) is 11.0. The standard InChI is InChI=1S/C25H25N7O2/c1-33-22-8-4-5-18(15-22)17-26-31-24-28-23(29-25(30-24)32-11-13-34-14-12-32)27-21-10-9-19-6-2-3-7-20(19)16-21/h2-10,15-17H,11-14H2,1H3,(H2,27,28,29,30,31)/b26-17+. The molecule has 4 aromatic rings. The molecule has 3 aromatic carbocycles. The van der Waals surface area contributed by atoms with Crippen LogP contribution >= 0.6 is 0 Å². The molecule has 0 saturated carbocycles. The van der Waals surface area contributed by atoms with Crippen LogP contribution in [0.25, 0.3) is 10.8 Å². The number of hydrogen-bond acceptors (Lipinski definition) is 9. The monoisotopic (exact) mass is 455 g/mol. The van der Waals surface area contributed by atoms with Gasteiger partial charge in [-0.2, -0.15) is 20.1 Å². The van der Waals surface area contributed by atoms with Crippen LogP contribution in [0.3, 0.4) is 0 Å². The lowest BCUT2D eigenvalue weighted by molar-refractivity contribution is 0.122. The second-order valence-corrected chi connectivity index (χ2v) is 7.72. The van der Waals surface area contributed by atoms with E-state index in [1.807, 2.05) is 42.5 Å². The molecule has 1 aliphatic heterocycles. The Morgan fingerprint density at radius 1 is 0.912 bits per heavy atom. The van der Waals surface area contributed by atoms with Crippen molar-refractivity contribution in [2.45, 2.75) is 0 Å². The number of anilines is 4. The number of nitrogens with zero attached hydrogens (tertiary/aromatic N) is 5. The van der Waals surface area contributed by atoms with Crippen LogP contribution in [0.5, 0.6) is 5.75 Å². The van der Waals surface area contributed by atoms with Crippen molar-refractivity contribution in [3.05, 3.63) is 72.3 Å². The van der Waals surface area contributed by atoms with Crippen LogP contribution in [0.2, 0.25) is 0 Å². The molecule has 9 nitrogen and oxygen atoms in total. The van der Waals surface area contributed by atoms with Crippen LogP contribution < -0.4 is 20.4 Å². The van der Waals surface area contributed by atoms with Gasteiger partial charge in [0.15, 0.2) is 0 Å². The molecule has 0 aliphatic carbocycles. The Bertz CT molecular complexity index is 1310. The Morgan fingerprint density at radius 2 is 1.74 bits per heavy atom.